The first-order chi connectivity index (χ1) is 15.7. The van der Waals surface area contributed by atoms with Crippen molar-refractivity contribution in [3.8, 4) is 11.5 Å². The SMILES string of the molecule is COc1ccc(CN(Cc2ccc(OC)cc2)c2ncc(Br)c(C(=O)OC(C)(C)C)n2)cc1. The third-order valence-corrected chi connectivity index (χ3v) is 5.25. The summed E-state index contributed by atoms with van der Waals surface area (Å²) in [5.74, 6) is 1.48. The number of benzene rings is 2. The molecule has 0 unspecified atom stereocenters. The van der Waals surface area contributed by atoms with E-state index in [4.69, 9.17) is 14.2 Å². The van der Waals surface area contributed by atoms with E-state index in [0.29, 0.717) is 23.5 Å². The smallest absolute Gasteiger partial charge is 0.358 e. The van der Waals surface area contributed by atoms with Crippen molar-refractivity contribution in [2.45, 2.75) is 39.5 Å². The van der Waals surface area contributed by atoms with E-state index in [1.807, 2.05) is 74.2 Å². The van der Waals surface area contributed by atoms with E-state index in [9.17, 15) is 4.79 Å². The molecular weight excluding hydrogens is 486 g/mol. The number of carbonyl (C=O) groups excluding carboxylic acids is 1. The minimum Gasteiger partial charge on any atom is -0.497 e. The maximum Gasteiger partial charge on any atom is 0.358 e. The molecule has 0 radical (unpaired) electrons. The van der Waals surface area contributed by atoms with Gasteiger partial charge in [-0.3, -0.25) is 0 Å². The first-order valence-electron chi connectivity index (χ1n) is 10.4. The molecule has 0 fully saturated rings. The van der Waals surface area contributed by atoms with Crippen LogP contribution in [0.1, 0.15) is 42.4 Å². The normalized spacial score (nSPS) is 11.1. The van der Waals surface area contributed by atoms with Gasteiger partial charge in [-0.25, -0.2) is 14.8 Å². The Morgan fingerprint density at radius 1 is 0.909 bits per heavy atom. The van der Waals surface area contributed by atoms with E-state index >= 15 is 0 Å². The molecule has 0 amide bonds. The van der Waals surface area contributed by atoms with Crippen LogP contribution >= 0.6 is 15.9 Å². The highest BCUT2D eigenvalue weighted by Crippen LogP contribution is 2.24. The minimum atomic E-state index is -0.631. The van der Waals surface area contributed by atoms with Crippen LogP contribution in [0.2, 0.25) is 0 Å². The molecule has 2 aromatic carbocycles. The van der Waals surface area contributed by atoms with Gasteiger partial charge in [0, 0.05) is 19.3 Å². The highest BCUT2D eigenvalue weighted by Gasteiger charge is 2.23. The molecule has 0 aliphatic carbocycles. The molecule has 3 rings (SSSR count). The highest BCUT2D eigenvalue weighted by atomic mass is 79.9. The maximum atomic E-state index is 12.7. The summed E-state index contributed by atoms with van der Waals surface area (Å²) in [4.78, 5) is 23.8. The Morgan fingerprint density at radius 2 is 1.39 bits per heavy atom. The van der Waals surface area contributed by atoms with Crippen LogP contribution in [0.4, 0.5) is 5.95 Å². The third kappa shape index (κ3) is 6.92. The summed E-state index contributed by atoms with van der Waals surface area (Å²) >= 11 is 3.38. The molecule has 0 bridgehead atoms. The largest absolute Gasteiger partial charge is 0.497 e. The van der Waals surface area contributed by atoms with Crippen molar-refractivity contribution in [2.75, 3.05) is 19.1 Å². The summed E-state index contributed by atoms with van der Waals surface area (Å²) in [5, 5.41) is 0. The van der Waals surface area contributed by atoms with Crippen LogP contribution in [0.15, 0.2) is 59.2 Å². The van der Waals surface area contributed by atoms with E-state index < -0.39 is 11.6 Å². The van der Waals surface area contributed by atoms with Crippen LogP contribution in [-0.4, -0.2) is 35.8 Å². The number of halogens is 1. The zero-order chi connectivity index (χ0) is 24.0. The lowest BCUT2D eigenvalue weighted by molar-refractivity contribution is 0.00615. The van der Waals surface area contributed by atoms with Crippen LogP contribution < -0.4 is 14.4 Å². The molecular formula is C25H28BrN3O4. The van der Waals surface area contributed by atoms with Crippen LogP contribution in [0.5, 0.6) is 11.5 Å². The Hall–Kier alpha value is -3.13. The summed E-state index contributed by atoms with van der Waals surface area (Å²) in [5.41, 5.74) is 1.65. The molecule has 0 saturated carbocycles. The number of hydrogen-bond donors (Lipinski definition) is 0. The first kappa shape index (κ1) is 24.5. The summed E-state index contributed by atoms with van der Waals surface area (Å²) in [6.07, 6.45) is 1.58. The quantitative estimate of drug-likeness (QED) is 0.372. The molecule has 0 saturated heterocycles. The number of rotatable bonds is 8. The molecule has 174 valence electrons. The lowest BCUT2D eigenvalue weighted by Crippen LogP contribution is -2.27. The Balaban J connectivity index is 1.94. The van der Waals surface area contributed by atoms with E-state index in [1.54, 1.807) is 20.4 Å². The second-order valence-electron chi connectivity index (χ2n) is 8.42. The number of esters is 1. The van der Waals surface area contributed by atoms with Gasteiger partial charge in [-0.2, -0.15) is 0 Å². The van der Waals surface area contributed by atoms with Crippen molar-refractivity contribution < 1.29 is 19.0 Å². The van der Waals surface area contributed by atoms with Crippen LogP contribution in [-0.2, 0) is 17.8 Å². The lowest BCUT2D eigenvalue weighted by Gasteiger charge is -2.24. The van der Waals surface area contributed by atoms with Crippen LogP contribution in [0, 0.1) is 0 Å². The molecule has 33 heavy (non-hydrogen) atoms. The Kier molecular flexibility index (Phi) is 7.92. The Labute approximate surface area is 202 Å². The molecule has 0 aliphatic heterocycles. The molecule has 3 aromatic rings. The zero-order valence-corrected chi connectivity index (χ0v) is 21.0. The molecule has 8 heteroatoms. The fraction of sp³-hybridized carbons (Fsp3) is 0.320. The molecule has 0 N–H and O–H groups in total. The van der Waals surface area contributed by atoms with Crippen molar-refractivity contribution in [3.63, 3.8) is 0 Å². The second kappa shape index (κ2) is 10.7. The molecule has 0 aliphatic rings. The third-order valence-electron chi connectivity index (χ3n) is 4.67. The summed E-state index contributed by atoms with van der Waals surface area (Å²) < 4.78 is 16.5. The predicted octanol–water partition coefficient (Wildman–Crippen LogP) is 5.42. The van der Waals surface area contributed by atoms with E-state index in [2.05, 4.69) is 25.9 Å². The van der Waals surface area contributed by atoms with Crippen molar-refractivity contribution in [3.05, 3.63) is 76.0 Å². The number of aromatic nitrogens is 2. The second-order valence-corrected chi connectivity index (χ2v) is 9.27. The summed E-state index contributed by atoms with van der Waals surface area (Å²) in [6, 6.07) is 15.6. The number of ether oxygens (including phenoxy) is 3. The van der Waals surface area contributed by atoms with Gasteiger partial charge in [-0.15, -0.1) is 0 Å². The number of anilines is 1. The molecule has 7 nitrogen and oxygen atoms in total. The standard InChI is InChI=1S/C25H28BrN3O4/c1-25(2,3)33-23(30)22-21(26)14-27-24(28-22)29(15-17-6-10-19(31-4)11-7-17)16-18-8-12-20(32-5)13-9-18/h6-14H,15-16H2,1-5H3. The minimum absolute atomic E-state index is 0.185. The lowest BCUT2D eigenvalue weighted by atomic mass is 10.1. The molecule has 0 atom stereocenters. The fourth-order valence-electron chi connectivity index (χ4n) is 3.08. The van der Waals surface area contributed by atoms with E-state index in [-0.39, 0.29) is 5.69 Å². The topological polar surface area (TPSA) is 73.8 Å². The van der Waals surface area contributed by atoms with Crippen molar-refractivity contribution >= 4 is 27.8 Å². The highest BCUT2D eigenvalue weighted by molar-refractivity contribution is 9.10. The molecule has 1 aromatic heterocycles. The number of hydrogen-bond acceptors (Lipinski definition) is 7. The molecule has 0 spiro atoms. The van der Waals surface area contributed by atoms with Gasteiger partial charge in [-0.1, -0.05) is 24.3 Å². The van der Waals surface area contributed by atoms with Crippen molar-refractivity contribution in [2.24, 2.45) is 0 Å². The number of methoxy groups -OCH3 is 2. The fourth-order valence-corrected chi connectivity index (χ4v) is 3.43. The van der Waals surface area contributed by atoms with Gasteiger partial charge >= 0.3 is 5.97 Å². The Bertz CT molecular complexity index is 1030. The average Bonchev–Trinajstić information content (AvgIpc) is 2.79. The zero-order valence-electron chi connectivity index (χ0n) is 19.5. The maximum absolute atomic E-state index is 12.7. The Morgan fingerprint density at radius 3 is 1.82 bits per heavy atom. The van der Waals surface area contributed by atoms with Gasteiger partial charge in [0.1, 0.15) is 17.1 Å². The summed E-state index contributed by atoms with van der Waals surface area (Å²) in [6.45, 7) is 6.53. The van der Waals surface area contributed by atoms with Gasteiger partial charge in [0.15, 0.2) is 5.69 Å². The predicted molar refractivity (Wildman–Crippen MR) is 131 cm³/mol. The van der Waals surface area contributed by atoms with Gasteiger partial charge in [0.2, 0.25) is 5.95 Å². The number of nitrogens with zero attached hydrogens (tertiary/aromatic N) is 3. The van der Waals surface area contributed by atoms with Gasteiger partial charge in [0.05, 0.1) is 18.7 Å². The first-order valence-corrected chi connectivity index (χ1v) is 11.2. The van der Waals surface area contributed by atoms with E-state index in [0.717, 1.165) is 22.6 Å². The monoisotopic (exact) mass is 513 g/mol. The van der Waals surface area contributed by atoms with Crippen LogP contribution in [0.3, 0.4) is 0 Å². The summed E-state index contributed by atoms with van der Waals surface area (Å²) in [7, 11) is 3.28. The van der Waals surface area contributed by atoms with Gasteiger partial charge in [0.25, 0.3) is 0 Å². The number of carbonyl (C=O) groups is 1. The van der Waals surface area contributed by atoms with Gasteiger partial charge in [-0.05, 0) is 72.1 Å². The molecule has 1 heterocycles. The van der Waals surface area contributed by atoms with Crippen molar-refractivity contribution in [1.82, 2.24) is 9.97 Å². The van der Waals surface area contributed by atoms with Gasteiger partial charge < -0.3 is 19.1 Å². The van der Waals surface area contributed by atoms with Crippen LogP contribution in [0.25, 0.3) is 0 Å². The average molecular weight is 514 g/mol. The van der Waals surface area contributed by atoms with E-state index in [1.165, 1.54) is 0 Å². The van der Waals surface area contributed by atoms with Crippen molar-refractivity contribution in [1.29, 1.82) is 0 Å².